The summed E-state index contributed by atoms with van der Waals surface area (Å²) in [7, 11) is 0. The molecular formula is C10H7BrN2O3. The van der Waals surface area contributed by atoms with Gasteiger partial charge in [0.1, 0.15) is 0 Å². The van der Waals surface area contributed by atoms with Crippen LogP contribution in [0.1, 0.15) is 17.3 Å². The summed E-state index contributed by atoms with van der Waals surface area (Å²) in [6, 6.07) is 6.69. The molecule has 82 valence electrons. The van der Waals surface area contributed by atoms with Crippen molar-refractivity contribution in [1.29, 1.82) is 0 Å². The largest absolute Gasteiger partial charge is 0.538 e. The van der Waals surface area contributed by atoms with E-state index in [1.807, 2.05) is 0 Å². The highest BCUT2D eigenvalue weighted by Crippen LogP contribution is 2.16. The van der Waals surface area contributed by atoms with Gasteiger partial charge in [0, 0.05) is 33.6 Å². The van der Waals surface area contributed by atoms with Crippen molar-refractivity contribution < 1.29 is 19.1 Å². The van der Waals surface area contributed by atoms with Crippen LogP contribution in [0, 0.1) is 0 Å². The fraction of sp³-hybridized carbons (Fsp3) is 0.100. The van der Waals surface area contributed by atoms with Crippen molar-refractivity contribution in [2.45, 2.75) is 6.92 Å². The molecule has 0 radical (unpaired) electrons. The predicted octanol–water partition coefficient (Wildman–Crippen LogP) is 0.990. The lowest BCUT2D eigenvalue weighted by atomic mass is 10.1. The Morgan fingerprint density at radius 2 is 2.06 bits per heavy atom. The summed E-state index contributed by atoms with van der Waals surface area (Å²) in [5.41, 5.74) is 1.24. The van der Waals surface area contributed by atoms with Gasteiger partial charge < -0.3 is 9.63 Å². The van der Waals surface area contributed by atoms with E-state index in [0.29, 0.717) is 11.3 Å². The second-order valence-corrected chi connectivity index (χ2v) is 3.92. The molecule has 0 atom stereocenters. The van der Waals surface area contributed by atoms with Gasteiger partial charge in [0.25, 0.3) is 0 Å². The molecule has 2 rings (SSSR count). The minimum Gasteiger partial charge on any atom is -0.538 e. The lowest BCUT2D eigenvalue weighted by Gasteiger charge is -1.94. The fourth-order valence-corrected chi connectivity index (χ4v) is 1.58. The third-order valence-electron chi connectivity index (χ3n) is 2.08. The zero-order valence-electron chi connectivity index (χ0n) is 8.31. The van der Waals surface area contributed by atoms with Gasteiger partial charge in [-0.2, -0.15) is 0 Å². The molecular weight excluding hydrogens is 276 g/mol. The van der Waals surface area contributed by atoms with Crippen LogP contribution in [-0.4, -0.2) is 11.1 Å². The summed E-state index contributed by atoms with van der Waals surface area (Å²) >= 11 is 3.06. The van der Waals surface area contributed by atoms with Crippen LogP contribution in [0.5, 0.6) is 5.95 Å². The van der Waals surface area contributed by atoms with Crippen molar-refractivity contribution in [1.82, 2.24) is 5.27 Å². The maximum atomic E-state index is 11.1. The molecule has 16 heavy (non-hydrogen) atoms. The summed E-state index contributed by atoms with van der Waals surface area (Å²) in [6.45, 7) is 1.49. The normalized spacial score (nSPS) is 10.4. The molecule has 0 saturated carbocycles. The van der Waals surface area contributed by atoms with Gasteiger partial charge in [0.2, 0.25) is 5.69 Å². The zero-order valence-corrected chi connectivity index (χ0v) is 9.89. The van der Waals surface area contributed by atoms with Gasteiger partial charge in [-0.15, -0.1) is 0 Å². The van der Waals surface area contributed by atoms with E-state index in [9.17, 15) is 9.90 Å². The van der Waals surface area contributed by atoms with Crippen LogP contribution in [0.15, 0.2) is 33.4 Å². The van der Waals surface area contributed by atoms with E-state index in [2.05, 4.69) is 25.7 Å². The summed E-state index contributed by atoms with van der Waals surface area (Å²) in [5.74, 6) is -0.559. The molecule has 0 saturated heterocycles. The molecule has 0 aliphatic carbocycles. The lowest BCUT2D eigenvalue weighted by Crippen LogP contribution is -2.33. The summed E-state index contributed by atoms with van der Waals surface area (Å²) in [5, 5.41) is 14.6. The third-order valence-corrected chi connectivity index (χ3v) is 2.74. The minimum absolute atomic E-state index is 0.0136. The monoisotopic (exact) mass is 282 g/mol. The quantitative estimate of drug-likeness (QED) is 0.608. The maximum Gasteiger partial charge on any atom is 0.305 e. The van der Waals surface area contributed by atoms with Crippen LogP contribution in [0.25, 0.3) is 5.69 Å². The molecule has 1 heterocycles. The number of aromatic nitrogens is 2. The number of halogens is 1. The number of rotatable bonds is 2. The van der Waals surface area contributed by atoms with Crippen LogP contribution in [0.4, 0.5) is 0 Å². The van der Waals surface area contributed by atoms with Gasteiger partial charge in [0.15, 0.2) is 11.7 Å². The van der Waals surface area contributed by atoms with Crippen molar-refractivity contribution >= 4 is 21.7 Å². The van der Waals surface area contributed by atoms with E-state index >= 15 is 0 Å². The molecule has 1 aromatic heterocycles. The Balaban J connectivity index is 2.42. The number of hydrogen-bond donors (Lipinski definition) is 0. The number of nitrogens with zero attached hydrogens (tertiary/aromatic N) is 2. The Morgan fingerprint density at radius 1 is 1.44 bits per heavy atom. The van der Waals surface area contributed by atoms with Gasteiger partial charge in [-0.3, -0.25) is 4.79 Å². The van der Waals surface area contributed by atoms with Crippen molar-refractivity contribution in [3.05, 3.63) is 34.4 Å². The first-order chi connectivity index (χ1) is 7.59. The highest BCUT2D eigenvalue weighted by Gasteiger charge is 2.17. The van der Waals surface area contributed by atoms with E-state index < -0.39 is 5.95 Å². The average Bonchev–Trinajstić information content (AvgIpc) is 2.60. The summed E-state index contributed by atoms with van der Waals surface area (Å²) in [4.78, 5) is 11.1. The minimum atomic E-state index is -0.546. The van der Waals surface area contributed by atoms with Gasteiger partial charge in [-0.05, 0) is 23.7 Å². The first kappa shape index (κ1) is 10.8. The van der Waals surface area contributed by atoms with Crippen LogP contribution in [-0.2, 0) is 0 Å². The van der Waals surface area contributed by atoms with Crippen molar-refractivity contribution in [2.75, 3.05) is 0 Å². The number of carbonyl (C=O) groups is 1. The molecule has 0 spiro atoms. The Bertz CT molecular complexity index is 533. The second-order valence-electron chi connectivity index (χ2n) is 3.17. The molecule has 0 aliphatic rings. The molecule has 5 nitrogen and oxygen atoms in total. The molecule has 0 aliphatic heterocycles. The van der Waals surface area contributed by atoms with Crippen molar-refractivity contribution in [2.24, 2.45) is 0 Å². The smallest absolute Gasteiger partial charge is 0.305 e. The second kappa shape index (κ2) is 4.05. The molecule has 0 N–H and O–H groups in total. The first-order valence-electron chi connectivity index (χ1n) is 4.45. The maximum absolute atomic E-state index is 11.1. The predicted molar refractivity (Wildman–Crippen MR) is 55.2 cm³/mol. The van der Waals surface area contributed by atoms with E-state index in [4.69, 9.17) is 0 Å². The molecule has 0 bridgehead atoms. The standard InChI is InChI=1S/C10H7BrN2O3/c1-6(14)7-2-4-8(5-3-7)13-9(11)10(15)16-12-13/h2-5H,1H3. The Hall–Kier alpha value is -1.69. The molecule has 0 unspecified atom stereocenters. The Morgan fingerprint density at radius 3 is 2.50 bits per heavy atom. The SMILES string of the molecule is CC(=O)c1ccc(-[n+]2noc([O-])c2Br)cc1. The zero-order chi connectivity index (χ0) is 11.7. The topological polar surface area (TPSA) is 70.0 Å². The summed E-state index contributed by atoms with van der Waals surface area (Å²) in [6.07, 6.45) is 0. The number of benzene rings is 1. The van der Waals surface area contributed by atoms with Gasteiger partial charge in [0.05, 0.1) is 5.27 Å². The first-order valence-corrected chi connectivity index (χ1v) is 5.25. The third kappa shape index (κ3) is 1.83. The van der Waals surface area contributed by atoms with Gasteiger partial charge in [-0.1, -0.05) is 0 Å². The van der Waals surface area contributed by atoms with E-state index in [0.717, 1.165) is 0 Å². The molecule has 1 aromatic carbocycles. The number of hydrogen-bond acceptors (Lipinski definition) is 4. The fourth-order valence-electron chi connectivity index (χ4n) is 1.24. The van der Waals surface area contributed by atoms with E-state index in [1.165, 1.54) is 11.6 Å². The average molecular weight is 283 g/mol. The number of carbonyl (C=O) groups excluding carboxylic acids is 1. The summed E-state index contributed by atoms with van der Waals surface area (Å²) < 4.78 is 5.99. The van der Waals surface area contributed by atoms with Gasteiger partial charge >= 0.3 is 4.60 Å². The Kier molecular flexibility index (Phi) is 2.74. The van der Waals surface area contributed by atoms with Crippen molar-refractivity contribution in [3.63, 3.8) is 0 Å². The van der Waals surface area contributed by atoms with Crippen LogP contribution < -0.4 is 9.79 Å². The van der Waals surface area contributed by atoms with E-state index in [1.54, 1.807) is 24.3 Å². The number of ketones is 1. The lowest BCUT2D eigenvalue weighted by molar-refractivity contribution is -0.680. The molecule has 6 heteroatoms. The Labute approximate surface area is 99.4 Å². The van der Waals surface area contributed by atoms with Crippen LogP contribution >= 0.6 is 15.9 Å². The van der Waals surface area contributed by atoms with Crippen LogP contribution in [0.2, 0.25) is 0 Å². The van der Waals surface area contributed by atoms with Crippen LogP contribution in [0.3, 0.4) is 0 Å². The highest BCUT2D eigenvalue weighted by molar-refractivity contribution is 9.10. The number of Topliss-reactive ketones (excluding diaryl/α,β-unsaturated/α-hetero) is 1. The molecule has 2 aromatic rings. The molecule has 0 fully saturated rings. The highest BCUT2D eigenvalue weighted by atomic mass is 79.9. The molecule has 0 amide bonds. The van der Waals surface area contributed by atoms with Gasteiger partial charge in [-0.25, -0.2) is 0 Å². The van der Waals surface area contributed by atoms with Crippen molar-refractivity contribution in [3.8, 4) is 11.6 Å². The van der Waals surface area contributed by atoms with E-state index in [-0.39, 0.29) is 10.4 Å².